The van der Waals surface area contributed by atoms with E-state index in [1.54, 1.807) is 28.3 Å². The molecular weight excluding hydrogens is 754 g/mol. The van der Waals surface area contributed by atoms with Gasteiger partial charge in [-0.15, -0.1) is 0 Å². The number of imidazole rings is 1. The van der Waals surface area contributed by atoms with Gasteiger partial charge in [-0.1, -0.05) is 18.2 Å². The SMILES string of the molecule is COc1cc2nn(C3CCC(CN4CCC(CCc5cccc6c5n(C)c(=O)n6C5CCC(=O)NC5=O)CC4)CC3)cc2cc1NC(=O)c1cccc(C(F)(F)F)n1. The van der Waals surface area contributed by atoms with Crippen molar-refractivity contribution in [1.82, 2.24) is 34.1 Å². The van der Waals surface area contributed by atoms with Crippen LogP contribution in [0.1, 0.15) is 91.6 Å². The quantitative estimate of drug-likeness (QED) is 0.154. The number of hydrogen-bond donors (Lipinski definition) is 2. The predicted molar refractivity (Wildman–Crippen MR) is 211 cm³/mol. The first-order valence-electron chi connectivity index (χ1n) is 20.0. The first kappa shape index (κ1) is 39.3. The molecular formula is C42H47F3N8O5. The lowest BCUT2D eigenvalue weighted by Gasteiger charge is -2.36. The van der Waals surface area contributed by atoms with Crippen molar-refractivity contribution < 1.29 is 32.3 Å². The maximum absolute atomic E-state index is 13.3. The number of para-hydroxylation sites is 1. The maximum Gasteiger partial charge on any atom is 0.433 e. The van der Waals surface area contributed by atoms with Crippen molar-refractivity contribution in [3.05, 3.63) is 82.2 Å². The number of fused-ring (bicyclic) bond motifs is 2. The number of piperidine rings is 2. The molecule has 1 atom stereocenters. The molecule has 3 aliphatic rings. The summed E-state index contributed by atoms with van der Waals surface area (Å²) < 4.78 is 50.2. The summed E-state index contributed by atoms with van der Waals surface area (Å²) in [4.78, 5) is 56.7. The van der Waals surface area contributed by atoms with Gasteiger partial charge < -0.3 is 15.0 Å². The van der Waals surface area contributed by atoms with Crippen LogP contribution in [0, 0.1) is 11.8 Å². The van der Waals surface area contributed by atoms with Crippen LogP contribution < -0.4 is 21.1 Å². The number of benzene rings is 2. The first-order valence-corrected chi connectivity index (χ1v) is 20.0. The highest BCUT2D eigenvalue weighted by atomic mass is 19.4. The molecule has 306 valence electrons. The number of rotatable bonds is 10. The van der Waals surface area contributed by atoms with E-state index >= 15 is 0 Å². The molecule has 5 aromatic rings. The summed E-state index contributed by atoms with van der Waals surface area (Å²) in [6.45, 7) is 3.21. The van der Waals surface area contributed by atoms with Crippen LogP contribution >= 0.6 is 0 Å². The Labute approximate surface area is 332 Å². The highest BCUT2D eigenvalue weighted by Gasteiger charge is 2.34. The van der Waals surface area contributed by atoms with Crippen LogP contribution in [-0.2, 0) is 29.2 Å². The number of amides is 3. The third kappa shape index (κ3) is 7.98. The molecule has 1 unspecified atom stereocenters. The number of halogens is 3. The van der Waals surface area contributed by atoms with Crippen LogP contribution in [-0.4, -0.2) is 73.3 Å². The Kier molecular flexibility index (Phi) is 10.9. The largest absolute Gasteiger partial charge is 0.494 e. The summed E-state index contributed by atoms with van der Waals surface area (Å²) in [5.41, 5.74) is 1.98. The average Bonchev–Trinajstić information content (AvgIpc) is 3.74. The highest BCUT2D eigenvalue weighted by Crippen LogP contribution is 2.37. The number of methoxy groups -OCH3 is 1. The van der Waals surface area contributed by atoms with E-state index in [9.17, 15) is 32.3 Å². The topological polar surface area (TPSA) is 145 Å². The van der Waals surface area contributed by atoms with Gasteiger partial charge in [0.25, 0.3) is 5.91 Å². The molecule has 58 heavy (non-hydrogen) atoms. The smallest absolute Gasteiger partial charge is 0.433 e. The van der Waals surface area contributed by atoms with Crippen molar-refractivity contribution in [3.8, 4) is 5.75 Å². The van der Waals surface area contributed by atoms with E-state index in [1.807, 2.05) is 23.0 Å². The van der Waals surface area contributed by atoms with Gasteiger partial charge in [-0.3, -0.25) is 33.5 Å². The number of aryl methyl sites for hydroxylation is 2. The lowest BCUT2D eigenvalue weighted by molar-refractivity contribution is -0.141. The van der Waals surface area contributed by atoms with Crippen LogP contribution in [0.4, 0.5) is 18.9 Å². The molecule has 5 heterocycles. The second kappa shape index (κ2) is 16.0. The molecule has 3 fully saturated rings. The third-order valence-electron chi connectivity index (χ3n) is 12.3. The number of pyridine rings is 1. The number of aromatic nitrogens is 5. The summed E-state index contributed by atoms with van der Waals surface area (Å²) in [5.74, 6) is 0.0406. The van der Waals surface area contributed by atoms with Crippen LogP contribution in [0.3, 0.4) is 0 Å². The second-order valence-corrected chi connectivity index (χ2v) is 16.0. The number of carbonyl (C=O) groups is 3. The van der Waals surface area contributed by atoms with Gasteiger partial charge >= 0.3 is 11.9 Å². The molecule has 2 aliphatic heterocycles. The number of nitrogens with zero attached hydrogens (tertiary/aromatic N) is 6. The average molecular weight is 801 g/mol. The van der Waals surface area contributed by atoms with E-state index in [1.165, 1.54) is 13.2 Å². The van der Waals surface area contributed by atoms with Crippen molar-refractivity contribution >= 4 is 45.3 Å². The molecule has 1 saturated carbocycles. The van der Waals surface area contributed by atoms with E-state index in [0.29, 0.717) is 35.2 Å². The Balaban J connectivity index is 0.828. The molecule has 0 spiro atoms. The number of anilines is 1. The van der Waals surface area contributed by atoms with E-state index in [2.05, 4.69) is 26.6 Å². The van der Waals surface area contributed by atoms with Gasteiger partial charge in [0.05, 0.1) is 35.4 Å². The van der Waals surface area contributed by atoms with Crippen LogP contribution in [0.15, 0.2) is 59.5 Å². The first-order chi connectivity index (χ1) is 27.9. The number of alkyl halides is 3. The molecule has 0 radical (unpaired) electrons. The molecule has 3 amide bonds. The second-order valence-electron chi connectivity index (χ2n) is 16.0. The normalized spacial score (nSPS) is 21.1. The summed E-state index contributed by atoms with van der Waals surface area (Å²) in [6, 6.07) is 12.1. The van der Waals surface area contributed by atoms with Gasteiger partial charge in [0.1, 0.15) is 23.2 Å². The van der Waals surface area contributed by atoms with Gasteiger partial charge in [-0.2, -0.15) is 18.3 Å². The number of nitrogens with one attached hydrogen (secondary N) is 2. The number of likely N-dealkylation sites (tertiary alicyclic amines) is 1. The van der Waals surface area contributed by atoms with Gasteiger partial charge in [0.2, 0.25) is 11.8 Å². The molecule has 13 nitrogen and oxygen atoms in total. The maximum atomic E-state index is 13.3. The van der Waals surface area contributed by atoms with Gasteiger partial charge in [-0.25, -0.2) is 9.78 Å². The molecule has 0 bridgehead atoms. The standard InChI is InChI=1S/C42H47F3N8O5/c1-50-38-27(5-3-7-33(38)53(41(50)57)34-15-16-37(54)48-40(34)56)12-9-25-17-19-51(20-18-25)23-26-10-13-29(14-11-26)52-24-28-21-32(35(58-2)22-31(28)49-52)47-39(55)30-6-4-8-36(46-30)42(43,44)45/h3-8,21-22,24-26,29,34H,9-20,23H2,1-2H3,(H,47,55)(H,48,54,56). The summed E-state index contributed by atoms with van der Waals surface area (Å²) in [7, 11) is 3.21. The number of imide groups is 1. The van der Waals surface area contributed by atoms with Crippen molar-refractivity contribution in [2.75, 3.05) is 32.1 Å². The summed E-state index contributed by atoms with van der Waals surface area (Å²) in [5, 5.41) is 10.7. The Bertz CT molecular complexity index is 2420. The fourth-order valence-corrected chi connectivity index (χ4v) is 9.16. The minimum Gasteiger partial charge on any atom is -0.494 e. The number of ether oxygens (including phenoxy) is 1. The molecule has 2 aromatic carbocycles. The molecule has 8 rings (SSSR count). The van der Waals surface area contributed by atoms with Crippen LogP contribution in [0.5, 0.6) is 5.75 Å². The molecule has 2 N–H and O–H groups in total. The van der Waals surface area contributed by atoms with E-state index in [-0.39, 0.29) is 29.8 Å². The Morgan fingerprint density at radius 2 is 1.72 bits per heavy atom. The number of carbonyl (C=O) groups excluding carboxylic acids is 3. The van der Waals surface area contributed by atoms with Gasteiger partial charge in [0.15, 0.2) is 0 Å². The lowest BCUT2D eigenvalue weighted by Crippen LogP contribution is -2.44. The van der Waals surface area contributed by atoms with Crippen molar-refractivity contribution in [3.63, 3.8) is 0 Å². The zero-order valence-corrected chi connectivity index (χ0v) is 32.6. The van der Waals surface area contributed by atoms with Gasteiger partial charge in [0, 0.05) is 37.7 Å². The fraction of sp³-hybridized carbons (Fsp3) is 0.476. The molecule has 3 aromatic heterocycles. The predicted octanol–water partition coefficient (Wildman–Crippen LogP) is 6.42. The van der Waals surface area contributed by atoms with Crippen molar-refractivity contribution in [1.29, 1.82) is 0 Å². The minimum absolute atomic E-state index is 0.213. The summed E-state index contributed by atoms with van der Waals surface area (Å²) >= 11 is 0. The van der Waals surface area contributed by atoms with Crippen molar-refractivity contribution in [2.24, 2.45) is 18.9 Å². The molecule has 1 aliphatic carbocycles. The van der Waals surface area contributed by atoms with E-state index < -0.39 is 29.7 Å². The lowest BCUT2D eigenvalue weighted by atomic mass is 9.84. The fourth-order valence-electron chi connectivity index (χ4n) is 9.16. The molecule has 2 saturated heterocycles. The minimum atomic E-state index is -4.67. The van der Waals surface area contributed by atoms with Crippen LogP contribution in [0.25, 0.3) is 21.9 Å². The van der Waals surface area contributed by atoms with Crippen LogP contribution in [0.2, 0.25) is 0 Å². The van der Waals surface area contributed by atoms with Crippen molar-refractivity contribution in [2.45, 2.75) is 82.5 Å². The van der Waals surface area contributed by atoms with E-state index in [4.69, 9.17) is 9.84 Å². The highest BCUT2D eigenvalue weighted by molar-refractivity contribution is 6.05. The van der Waals surface area contributed by atoms with Gasteiger partial charge in [-0.05, 0) is 113 Å². The Morgan fingerprint density at radius 3 is 2.45 bits per heavy atom. The number of hydrogen-bond acceptors (Lipinski definition) is 8. The molecule has 16 heteroatoms. The Hall–Kier alpha value is -5.51. The summed E-state index contributed by atoms with van der Waals surface area (Å²) in [6.07, 6.45) is 6.13. The monoisotopic (exact) mass is 800 g/mol. The third-order valence-corrected chi connectivity index (χ3v) is 12.3. The zero-order valence-electron chi connectivity index (χ0n) is 32.6. The van der Waals surface area contributed by atoms with E-state index in [0.717, 1.165) is 105 Å². The Morgan fingerprint density at radius 1 is 0.966 bits per heavy atom. The zero-order chi connectivity index (χ0) is 40.7.